The molecule has 2 rings (SSSR count). The van der Waals surface area contributed by atoms with Crippen molar-refractivity contribution in [2.45, 2.75) is 6.54 Å². The first-order valence-corrected chi connectivity index (χ1v) is 6.39. The van der Waals surface area contributed by atoms with E-state index in [0.29, 0.717) is 6.07 Å². The second kappa shape index (κ2) is 5.96. The molecule has 0 spiro atoms. The van der Waals surface area contributed by atoms with Crippen LogP contribution in [-0.2, 0) is 6.54 Å². The predicted molar refractivity (Wildman–Crippen MR) is 74.5 cm³/mol. The molecule has 7 heteroatoms. The van der Waals surface area contributed by atoms with Crippen molar-refractivity contribution in [3.8, 4) is 0 Å². The number of hydrogen-bond donors (Lipinski definition) is 1. The number of hydrogen-bond acceptors (Lipinski definition) is 3. The van der Waals surface area contributed by atoms with Gasteiger partial charge < -0.3 is 5.32 Å². The molecule has 0 unspecified atom stereocenters. The third-order valence-corrected chi connectivity index (χ3v) is 3.41. The van der Waals surface area contributed by atoms with Gasteiger partial charge in [0.05, 0.1) is 4.92 Å². The van der Waals surface area contributed by atoms with Gasteiger partial charge in [-0.1, -0.05) is 34.1 Å². The molecule has 20 heavy (non-hydrogen) atoms. The summed E-state index contributed by atoms with van der Waals surface area (Å²) in [4.78, 5) is 9.95. The Labute approximate surface area is 121 Å². The SMILES string of the molecule is O=[N+]([O-])c1c(F)cc(F)cc1NCc1ccccc1Br. The molecular formula is C13H9BrF2N2O2. The molecule has 0 aliphatic heterocycles. The minimum atomic E-state index is -1.20. The van der Waals surface area contributed by atoms with E-state index in [-0.39, 0.29) is 12.2 Å². The molecule has 0 saturated carbocycles. The average molecular weight is 343 g/mol. The molecule has 0 aliphatic rings. The maximum atomic E-state index is 13.4. The van der Waals surface area contributed by atoms with Gasteiger partial charge in [0.15, 0.2) is 0 Å². The minimum absolute atomic E-state index is 0.191. The predicted octanol–water partition coefficient (Wildman–Crippen LogP) is 4.25. The van der Waals surface area contributed by atoms with Gasteiger partial charge in [-0.2, -0.15) is 4.39 Å². The first-order valence-electron chi connectivity index (χ1n) is 5.59. The molecule has 0 amide bonds. The highest BCUT2D eigenvalue weighted by molar-refractivity contribution is 9.10. The van der Waals surface area contributed by atoms with Crippen LogP contribution in [0.5, 0.6) is 0 Å². The summed E-state index contributed by atoms with van der Waals surface area (Å²) in [6, 6.07) is 8.59. The Bertz CT molecular complexity index is 665. The lowest BCUT2D eigenvalue weighted by atomic mass is 10.2. The third kappa shape index (κ3) is 3.11. The van der Waals surface area contributed by atoms with Crippen LogP contribution in [0.1, 0.15) is 5.56 Å². The van der Waals surface area contributed by atoms with Crippen LogP contribution in [0, 0.1) is 21.7 Å². The molecule has 2 aromatic rings. The van der Waals surface area contributed by atoms with Gasteiger partial charge in [-0.15, -0.1) is 0 Å². The van der Waals surface area contributed by atoms with Crippen molar-refractivity contribution in [2.75, 3.05) is 5.32 Å². The second-order valence-electron chi connectivity index (χ2n) is 3.99. The number of halogens is 3. The van der Waals surface area contributed by atoms with Crippen LogP contribution in [0.4, 0.5) is 20.2 Å². The fourth-order valence-corrected chi connectivity index (χ4v) is 2.14. The van der Waals surface area contributed by atoms with E-state index in [1.54, 1.807) is 18.2 Å². The highest BCUT2D eigenvalue weighted by atomic mass is 79.9. The Morgan fingerprint density at radius 3 is 2.60 bits per heavy atom. The summed E-state index contributed by atoms with van der Waals surface area (Å²) in [5.41, 5.74) is -0.145. The van der Waals surface area contributed by atoms with Crippen molar-refractivity contribution < 1.29 is 13.7 Å². The summed E-state index contributed by atoms with van der Waals surface area (Å²) in [5, 5.41) is 13.5. The smallest absolute Gasteiger partial charge is 0.327 e. The molecule has 0 bridgehead atoms. The molecule has 2 aromatic carbocycles. The van der Waals surface area contributed by atoms with E-state index in [2.05, 4.69) is 21.2 Å². The van der Waals surface area contributed by atoms with E-state index < -0.39 is 22.2 Å². The van der Waals surface area contributed by atoms with Crippen LogP contribution in [0.25, 0.3) is 0 Å². The lowest BCUT2D eigenvalue weighted by Crippen LogP contribution is -2.05. The zero-order valence-corrected chi connectivity index (χ0v) is 11.7. The quantitative estimate of drug-likeness (QED) is 0.667. The number of nitro benzene ring substituents is 1. The zero-order valence-electron chi connectivity index (χ0n) is 10.1. The molecule has 0 heterocycles. The first kappa shape index (κ1) is 14.4. The van der Waals surface area contributed by atoms with Crippen molar-refractivity contribution in [3.05, 3.63) is 68.2 Å². The zero-order chi connectivity index (χ0) is 14.7. The van der Waals surface area contributed by atoms with Crippen LogP contribution in [0.2, 0.25) is 0 Å². The Morgan fingerprint density at radius 2 is 1.95 bits per heavy atom. The first-order chi connectivity index (χ1) is 9.49. The Balaban J connectivity index is 2.30. The molecule has 1 N–H and O–H groups in total. The average Bonchev–Trinajstić information content (AvgIpc) is 2.36. The van der Waals surface area contributed by atoms with Gasteiger partial charge in [0, 0.05) is 23.2 Å². The molecule has 104 valence electrons. The number of nitrogens with zero attached hydrogens (tertiary/aromatic N) is 1. The van der Waals surface area contributed by atoms with Gasteiger partial charge in [0.25, 0.3) is 0 Å². The van der Waals surface area contributed by atoms with Crippen molar-refractivity contribution in [1.82, 2.24) is 0 Å². The van der Waals surface area contributed by atoms with Gasteiger partial charge >= 0.3 is 5.69 Å². The maximum Gasteiger partial charge on any atom is 0.327 e. The van der Waals surface area contributed by atoms with E-state index in [0.717, 1.165) is 16.1 Å². The van der Waals surface area contributed by atoms with Gasteiger partial charge in [-0.05, 0) is 11.6 Å². The lowest BCUT2D eigenvalue weighted by molar-refractivity contribution is -0.386. The summed E-state index contributed by atoms with van der Waals surface area (Å²) in [5.74, 6) is -2.08. The molecule has 0 fully saturated rings. The van der Waals surface area contributed by atoms with E-state index in [1.165, 1.54) is 0 Å². The largest absolute Gasteiger partial charge is 0.375 e. The fourth-order valence-electron chi connectivity index (χ4n) is 1.72. The summed E-state index contributed by atoms with van der Waals surface area (Å²) < 4.78 is 27.4. The molecule has 0 atom stereocenters. The minimum Gasteiger partial charge on any atom is -0.375 e. The third-order valence-electron chi connectivity index (χ3n) is 2.64. The van der Waals surface area contributed by atoms with Crippen molar-refractivity contribution in [3.63, 3.8) is 0 Å². The van der Waals surface area contributed by atoms with Gasteiger partial charge in [-0.25, -0.2) is 4.39 Å². The van der Waals surface area contributed by atoms with Gasteiger partial charge in [0.1, 0.15) is 11.5 Å². The Kier molecular flexibility index (Phi) is 4.29. The maximum absolute atomic E-state index is 13.4. The molecule has 0 aliphatic carbocycles. The van der Waals surface area contributed by atoms with Gasteiger partial charge in [-0.3, -0.25) is 10.1 Å². The van der Waals surface area contributed by atoms with Crippen molar-refractivity contribution in [2.24, 2.45) is 0 Å². The summed E-state index contributed by atoms with van der Waals surface area (Å²) in [6.07, 6.45) is 0. The number of nitro groups is 1. The molecule has 0 saturated heterocycles. The molecule has 0 radical (unpaired) electrons. The van der Waals surface area contributed by atoms with E-state index in [1.807, 2.05) is 6.07 Å². The highest BCUT2D eigenvalue weighted by Gasteiger charge is 2.21. The monoisotopic (exact) mass is 342 g/mol. The summed E-state index contributed by atoms with van der Waals surface area (Å²) in [6.45, 7) is 0.200. The van der Waals surface area contributed by atoms with E-state index >= 15 is 0 Å². The summed E-state index contributed by atoms with van der Waals surface area (Å²) >= 11 is 3.32. The number of anilines is 1. The van der Waals surface area contributed by atoms with E-state index in [4.69, 9.17) is 0 Å². The number of benzene rings is 2. The van der Waals surface area contributed by atoms with E-state index in [9.17, 15) is 18.9 Å². The van der Waals surface area contributed by atoms with Crippen LogP contribution >= 0.6 is 15.9 Å². The van der Waals surface area contributed by atoms with Crippen LogP contribution in [0.15, 0.2) is 40.9 Å². The highest BCUT2D eigenvalue weighted by Crippen LogP contribution is 2.29. The normalized spacial score (nSPS) is 10.3. The summed E-state index contributed by atoms with van der Waals surface area (Å²) in [7, 11) is 0. The van der Waals surface area contributed by atoms with Crippen LogP contribution in [-0.4, -0.2) is 4.92 Å². The Morgan fingerprint density at radius 1 is 1.25 bits per heavy atom. The Hall–Kier alpha value is -2.02. The fraction of sp³-hybridized carbons (Fsp3) is 0.0769. The topological polar surface area (TPSA) is 55.2 Å². The van der Waals surface area contributed by atoms with Crippen molar-refractivity contribution >= 4 is 27.3 Å². The molecule has 4 nitrogen and oxygen atoms in total. The molecular weight excluding hydrogens is 334 g/mol. The lowest BCUT2D eigenvalue weighted by Gasteiger charge is -2.09. The molecule has 0 aromatic heterocycles. The van der Waals surface area contributed by atoms with Crippen LogP contribution in [0.3, 0.4) is 0 Å². The number of rotatable bonds is 4. The second-order valence-corrected chi connectivity index (χ2v) is 4.84. The van der Waals surface area contributed by atoms with Crippen LogP contribution < -0.4 is 5.32 Å². The standard InChI is InChI=1S/C13H9BrF2N2O2/c14-10-4-2-1-3-8(10)7-17-12-6-9(15)5-11(16)13(12)18(19)20/h1-6,17H,7H2. The van der Waals surface area contributed by atoms with Crippen molar-refractivity contribution in [1.29, 1.82) is 0 Å². The van der Waals surface area contributed by atoms with Gasteiger partial charge in [0.2, 0.25) is 5.82 Å². The number of nitrogens with one attached hydrogen (secondary N) is 1.